The summed E-state index contributed by atoms with van der Waals surface area (Å²) in [5.74, 6) is -10.6. The second-order valence-corrected chi connectivity index (χ2v) is 38.4. The summed E-state index contributed by atoms with van der Waals surface area (Å²) < 4.78 is 203. The van der Waals surface area contributed by atoms with E-state index in [9.17, 15) is 87.8 Å². The molecule has 1 aliphatic heterocycles. The fourth-order valence-electron chi connectivity index (χ4n) is 17.5. The molecule has 3 unspecified atom stereocenters. The molecule has 3 atom stereocenters. The summed E-state index contributed by atoms with van der Waals surface area (Å²) >= 11 is 19.2. The van der Waals surface area contributed by atoms with Crippen LogP contribution in [0.15, 0.2) is 109 Å². The molecule has 714 valence electrons. The Morgan fingerprint density at radius 3 is 1.03 bits per heavy atom. The van der Waals surface area contributed by atoms with Gasteiger partial charge in [-0.15, -0.1) is 0 Å². The van der Waals surface area contributed by atoms with Crippen molar-refractivity contribution in [3.63, 3.8) is 0 Å². The number of alkyl halides is 9. The first-order chi connectivity index (χ1) is 62.1. The average molecular weight is 1940 g/mol. The number of amides is 2. The van der Waals surface area contributed by atoms with Crippen molar-refractivity contribution >= 4 is 88.4 Å². The number of hydrogen-bond acceptors (Lipinski definition) is 18. The second-order valence-electron chi connectivity index (χ2n) is 37.2. The maximum Gasteiger partial charge on any atom is 1.00 e. The summed E-state index contributed by atoms with van der Waals surface area (Å²) in [4.78, 5) is 119. The Balaban J connectivity index is 0.000000181. The van der Waals surface area contributed by atoms with Gasteiger partial charge in [-0.3, -0.25) is 24.0 Å². The van der Waals surface area contributed by atoms with Crippen molar-refractivity contribution in [2.45, 2.75) is 222 Å². The monoisotopic (exact) mass is 1940 g/mol. The van der Waals surface area contributed by atoms with Gasteiger partial charge in [0.25, 0.3) is 17.7 Å². The van der Waals surface area contributed by atoms with Crippen LogP contribution < -0.4 is 24.2 Å². The topological polar surface area (TPSA) is 319 Å². The van der Waals surface area contributed by atoms with Crippen LogP contribution in [0.2, 0.25) is 15.1 Å². The molecule has 4 heterocycles. The van der Waals surface area contributed by atoms with Crippen LogP contribution in [-0.4, -0.2) is 173 Å². The Hall–Kier alpha value is -10.9. The van der Waals surface area contributed by atoms with Gasteiger partial charge >= 0.3 is 73.3 Å². The SMILES string of the molecule is CC(C)(C)OC(=O)c1ccc(-c2nn(C(=O)c3c(Cl)cccc3C3(C(F)(F)F)CC3)c3c2CCC(C(=O)O)C3)c(F)c1.COC(=O)C1CCc2c(-c3ccc(C(=O)OC(C)(C)C)cc3F)nn(C(=O)c3c(Cl)cccc3C3(C(F)(F)F)CC3)c2C1.COC1CN(C(=O)NC2CCc3c(-c4ccc(C(=O)OC(C)(C)C)cc4F)nn(C(=O)c4c(Cl)cccc4C4(C(F)(F)F)CC4)c3C2)C1.[Li+].[OH-]. The Morgan fingerprint density at radius 1 is 0.444 bits per heavy atom. The van der Waals surface area contributed by atoms with Crippen LogP contribution in [-0.2, 0) is 88.0 Å². The number of carboxylic acid groups (broad SMARTS) is 1. The third-order valence-electron chi connectivity index (χ3n) is 24.8. The summed E-state index contributed by atoms with van der Waals surface area (Å²) in [5, 5.41) is 25.4. The first kappa shape index (κ1) is 103. The molecule has 16 rings (SSSR count). The molecule has 0 spiro atoms. The molecule has 7 aliphatic rings. The van der Waals surface area contributed by atoms with Crippen molar-refractivity contribution in [3.8, 4) is 33.8 Å². The molecule has 3 N–H and O–H groups in total. The number of nitrogens with zero attached hydrogens (tertiary/aromatic N) is 7. The Bertz CT molecular complexity index is 6230. The average Bonchev–Trinajstić information content (AvgIpc) is 1.56. The number of aliphatic carboxylic acids is 1. The summed E-state index contributed by atoms with van der Waals surface area (Å²) in [5.41, 5.74) is -8.81. The molecular weight excluding hydrogens is 1850 g/mol. The second kappa shape index (κ2) is 38.2. The Labute approximate surface area is 793 Å². The van der Waals surface area contributed by atoms with Gasteiger partial charge < -0.3 is 44.5 Å². The first-order valence-electron chi connectivity index (χ1n) is 42.7. The number of rotatable bonds is 16. The molecule has 40 heteroatoms. The number of fused-ring (bicyclic) bond motifs is 3. The summed E-state index contributed by atoms with van der Waals surface area (Å²) in [6.45, 7) is 15.9. The van der Waals surface area contributed by atoms with Gasteiger partial charge in [-0.2, -0.15) is 68.9 Å². The molecule has 6 aromatic carbocycles. The molecule has 3 aromatic heterocycles. The van der Waals surface area contributed by atoms with Crippen molar-refractivity contribution < 1.29 is 149 Å². The Kier molecular flexibility index (Phi) is 29.2. The third kappa shape index (κ3) is 20.6. The summed E-state index contributed by atoms with van der Waals surface area (Å²) in [6.07, 6.45) is -13.6. The minimum atomic E-state index is -4.63. The van der Waals surface area contributed by atoms with Gasteiger partial charge in [0.1, 0.15) is 34.3 Å². The van der Waals surface area contributed by atoms with Crippen LogP contribution in [0.1, 0.15) is 233 Å². The molecule has 6 aliphatic carbocycles. The Morgan fingerprint density at radius 2 is 0.748 bits per heavy atom. The largest absolute Gasteiger partial charge is 1.00 e. The van der Waals surface area contributed by atoms with Crippen LogP contribution in [0.3, 0.4) is 0 Å². The number of carbonyl (C=O) groups excluding carboxylic acids is 8. The number of nitrogens with one attached hydrogen (secondary N) is 1. The molecule has 24 nitrogen and oxygen atoms in total. The van der Waals surface area contributed by atoms with E-state index in [2.05, 4.69) is 20.6 Å². The van der Waals surface area contributed by atoms with E-state index in [1.807, 2.05) is 0 Å². The van der Waals surface area contributed by atoms with Gasteiger partial charge in [0.05, 0.1) is 137 Å². The fraction of sp³-hybridized carbons (Fsp3) is 0.432. The number of methoxy groups -OCH3 is 2. The number of urea groups is 1. The summed E-state index contributed by atoms with van der Waals surface area (Å²) in [7, 11) is 2.80. The molecule has 9 aromatic rings. The van der Waals surface area contributed by atoms with Gasteiger partial charge in [-0.25, -0.2) is 32.3 Å². The van der Waals surface area contributed by atoms with Gasteiger partial charge in [0.15, 0.2) is 0 Å². The number of aromatic nitrogens is 6. The number of benzene rings is 6. The molecule has 0 bridgehead atoms. The van der Waals surface area contributed by atoms with Crippen LogP contribution in [0.5, 0.6) is 0 Å². The molecule has 4 fully saturated rings. The normalized spacial score (nSPS) is 17.9. The predicted octanol–water partition coefficient (Wildman–Crippen LogP) is 16.9. The molecular formula is C95H92Cl3F12LiN8O16. The minimum Gasteiger partial charge on any atom is -0.870 e. The van der Waals surface area contributed by atoms with Crippen LogP contribution in [0.4, 0.5) is 57.5 Å². The van der Waals surface area contributed by atoms with Gasteiger partial charge in [-0.1, -0.05) is 71.2 Å². The molecule has 0 radical (unpaired) electrons. The summed E-state index contributed by atoms with van der Waals surface area (Å²) in [6, 6.07) is 22.1. The van der Waals surface area contributed by atoms with E-state index < -0.39 is 134 Å². The first-order valence-corrected chi connectivity index (χ1v) is 43.8. The maximum atomic E-state index is 15.7. The van der Waals surface area contributed by atoms with Gasteiger partial charge in [0.2, 0.25) is 0 Å². The van der Waals surface area contributed by atoms with E-state index in [4.69, 9.17) is 58.5 Å². The van der Waals surface area contributed by atoms with Crippen molar-refractivity contribution in [2.75, 3.05) is 27.3 Å². The van der Waals surface area contributed by atoms with E-state index in [0.717, 1.165) is 32.2 Å². The van der Waals surface area contributed by atoms with E-state index in [-0.39, 0.29) is 230 Å². The van der Waals surface area contributed by atoms with Crippen molar-refractivity contribution in [3.05, 3.63) is 226 Å². The number of carboxylic acids is 1. The van der Waals surface area contributed by atoms with Gasteiger partial charge in [-0.05, 0) is 229 Å². The third-order valence-corrected chi connectivity index (χ3v) is 25.7. The molecule has 2 amide bonds. The van der Waals surface area contributed by atoms with E-state index >= 15 is 13.2 Å². The quantitative estimate of drug-likeness (QED) is 0.0393. The molecule has 1 saturated heterocycles. The number of carbonyl (C=O) groups is 9. The zero-order valence-electron chi connectivity index (χ0n) is 75.1. The van der Waals surface area contributed by atoms with E-state index in [0.29, 0.717) is 48.3 Å². The molecule has 3 saturated carbocycles. The predicted molar refractivity (Wildman–Crippen MR) is 462 cm³/mol. The standard InChI is InChI=1S/C34H35ClF4N4O5.C31H29ClF4N2O5.C30H27ClF4N2O5.Li.H2O/c1-32(2,3)48-30(45)18-8-10-21(25(36)14-18)28-22-11-9-19(40-31(46)42-16-20(17-42)47-4)15-26(22)43(41-28)29(44)27-23(6-5-7-24(27)35)33(12-13-33)34(37,38)39;1-29(2,3)43-28(41)16-8-10-18(22(33)14-16)25-19-11-9-17(27(40)42-4)15-23(19)38(37-25)26(39)24-20(6-5-7-21(24)32)30(12-13-30)31(34,35)36;1-28(2,3)42-27(41)16-8-9-17(21(32)13-16)24-18-10-7-15(26(39)40)14-22(18)37(36-24)25(38)23-19(5-4-6-20(23)31)29(11-12-29)30(33,34)35;;/h5-8,10,14,19-20H,9,11-13,15-17H2,1-4H3,(H,40,46);5-8,10,14,17H,9,11-13,15H2,1-4H3;4-6,8-9,13,15H,7,10-12,14H2,1-3H3,(H,39,40);;1H2/q;;;+1;/p-1. The van der Waals surface area contributed by atoms with Crippen LogP contribution >= 0.6 is 34.8 Å². The smallest absolute Gasteiger partial charge is 0.870 e. The maximum absolute atomic E-state index is 15.7. The zero-order chi connectivity index (χ0) is 97.0. The van der Waals surface area contributed by atoms with E-state index in [1.165, 1.54) is 98.1 Å². The fourth-order valence-corrected chi connectivity index (χ4v) is 18.2. The number of likely N-dealkylation sites (tertiary alicyclic amines) is 1. The van der Waals surface area contributed by atoms with Crippen molar-refractivity contribution in [2.24, 2.45) is 11.8 Å². The zero-order valence-corrected chi connectivity index (χ0v) is 77.4. The van der Waals surface area contributed by atoms with Gasteiger partial charge in [0, 0.05) is 65.8 Å². The molecule has 135 heavy (non-hydrogen) atoms. The number of esters is 4. The van der Waals surface area contributed by atoms with Crippen LogP contribution in [0.25, 0.3) is 33.8 Å². The van der Waals surface area contributed by atoms with Crippen LogP contribution in [0, 0.1) is 29.3 Å². The van der Waals surface area contributed by atoms with Crippen molar-refractivity contribution in [1.82, 2.24) is 39.6 Å². The number of halogens is 15. The minimum absolute atomic E-state index is 0. The number of ether oxygens (including phenoxy) is 5. The number of hydrogen-bond donors (Lipinski definition) is 2. The van der Waals surface area contributed by atoms with Crippen molar-refractivity contribution in [1.29, 1.82) is 0 Å². The van der Waals surface area contributed by atoms with E-state index in [1.54, 1.807) is 74.3 Å².